The van der Waals surface area contributed by atoms with Gasteiger partial charge in [-0.15, -0.1) is 0 Å². The maximum atomic E-state index is 13.9. The van der Waals surface area contributed by atoms with Crippen molar-refractivity contribution in [1.82, 2.24) is 5.32 Å². The minimum absolute atomic E-state index is 0.0760. The molecule has 0 aliphatic heterocycles. The summed E-state index contributed by atoms with van der Waals surface area (Å²) in [6.07, 6.45) is 0.635. The molecule has 10 nitrogen and oxygen atoms in total. The lowest BCUT2D eigenvalue weighted by molar-refractivity contribution is -0.114. The number of hydrogen-bond donors (Lipinski definition) is 2. The maximum absolute atomic E-state index is 13.9. The Morgan fingerprint density at radius 1 is 0.875 bits per heavy atom. The SMILES string of the molecule is COCCCNC(=O)c1ccccc1NC(=O)CN(c1cc(C)cc(C)c1)S(=O)(=O)c1ccc(OC)c(OC)c1. The largest absolute Gasteiger partial charge is 0.493 e. The molecule has 0 aliphatic carbocycles. The summed E-state index contributed by atoms with van der Waals surface area (Å²) in [5.41, 5.74) is 2.51. The third-order valence-corrected chi connectivity index (χ3v) is 7.75. The van der Waals surface area contributed by atoms with Crippen LogP contribution in [0.1, 0.15) is 27.9 Å². The monoisotopic (exact) mass is 569 g/mol. The van der Waals surface area contributed by atoms with Crippen molar-refractivity contribution in [3.05, 3.63) is 77.4 Å². The van der Waals surface area contributed by atoms with Crippen molar-refractivity contribution < 1.29 is 32.2 Å². The molecule has 214 valence electrons. The molecule has 0 atom stereocenters. The van der Waals surface area contributed by atoms with E-state index < -0.39 is 22.5 Å². The van der Waals surface area contributed by atoms with Crippen molar-refractivity contribution >= 4 is 33.2 Å². The fourth-order valence-corrected chi connectivity index (χ4v) is 5.56. The molecule has 0 aliphatic rings. The minimum atomic E-state index is -4.23. The van der Waals surface area contributed by atoms with E-state index in [1.807, 2.05) is 19.9 Å². The van der Waals surface area contributed by atoms with Crippen LogP contribution in [-0.2, 0) is 19.6 Å². The van der Waals surface area contributed by atoms with Crippen LogP contribution >= 0.6 is 0 Å². The average molecular weight is 570 g/mol. The summed E-state index contributed by atoms with van der Waals surface area (Å²) >= 11 is 0. The molecule has 3 aromatic rings. The number of rotatable bonds is 13. The Balaban J connectivity index is 1.94. The van der Waals surface area contributed by atoms with Gasteiger partial charge in [-0.25, -0.2) is 8.42 Å². The molecule has 0 saturated carbocycles. The molecule has 40 heavy (non-hydrogen) atoms. The fraction of sp³-hybridized carbons (Fsp3) is 0.310. The lowest BCUT2D eigenvalue weighted by atomic mass is 10.1. The number of sulfonamides is 1. The highest BCUT2D eigenvalue weighted by Crippen LogP contribution is 2.33. The van der Waals surface area contributed by atoms with Gasteiger partial charge in [0, 0.05) is 26.3 Å². The number of carbonyl (C=O) groups is 2. The Hall–Kier alpha value is -4.09. The van der Waals surface area contributed by atoms with Gasteiger partial charge in [-0.2, -0.15) is 0 Å². The lowest BCUT2D eigenvalue weighted by Gasteiger charge is -2.25. The second-order valence-electron chi connectivity index (χ2n) is 9.07. The van der Waals surface area contributed by atoms with E-state index in [1.165, 1.54) is 32.4 Å². The molecular weight excluding hydrogens is 534 g/mol. The van der Waals surface area contributed by atoms with Crippen LogP contribution in [-0.4, -0.2) is 61.3 Å². The van der Waals surface area contributed by atoms with Gasteiger partial charge in [0.2, 0.25) is 5.91 Å². The van der Waals surface area contributed by atoms with Crippen LogP contribution in [0.15, 0.2) is 65.6 Å². The molecule has 0 heterocycles. The normalized spacial score (nSPS) is 11.0. The van der Waals surface area contributed by atoms with Crippen LogP contribution in [0, 0.1) is 13.8 Å². The molecule has 0 fully saturated rings. The number of nitrogens with one attached hydrogen (secondary N) is 2. The van der Waals surface area contributed by atoms with Crippen LogP contribution in [0.3, 0.4) is 0 Å². The van der Waals surface area contributed by atoms with E-state index in [9.17, 15) is 18.0 Å². The van der Waals surface area contributed by atoms with Crippen LogP contribution in [0.5, 0.6) is 11.5 Å². The molecule has 0 spiro atoms. The van der Waals surface area contributed by atoms with E-state index >= 15 is 0 Å². The Labute approximate surface area is 235 Å². The van der Waals surface area contributed by atoms with E-state index in [-0.39, 0.29) is 27.8 Å². The van der Waals surface area contributed by atoms with Gasteiger partial charge in [0.05, 0.1) is 36.1 Å². The van der Waals surface area contributed by atoms with Crippen molar-refractivity contribution in [3.8, 4) is 11.5 Å². The summed E-state index contributed by atoms with van der Waals surface area (Å²) in [7, 11) is 0.218. The molecule has 0 radical (unpaired) electrons. The van der Waals surface area contributed by atoms with Gasteiger partial charge in [0.15, 0.2) is 11.5 Å². The van der Waals surface area contributed by atoms with E-state index in [2.05, 4.69) is 10.6 Å². The number of methoxy groups -OCH3 is 3. The number of hydrogen-bond acceptors (Lipinski definition) is 7. The molecule has 0 saturated heterocycles. The summed E-state index contributed by atoms with van der Waals surface area (Å²) in [4.78, 5) is 26.0. The number of benzene rings is 3. The number of anilines is 2. The van der Waals surface area contributed by atoms with Crippen molar-refractivity contribution in [2.45, 2.75) is 25.2 Å². The first kappa shape index (κ1) is 30.5. The van der Waals surface area contributed by atoms with Crippen molar-refractivity contribution in [3.63, 3.8) is 0 Å². The first-order valence-corrected chi connectivity index (χ1v) is 14.0. The van der Waals surface area contributed by atoms with Crippen LogP contribution in [0.25, 0.3) is 0 Å². The summed E-state index contributed by atoms with van der Waals surface area (Å²) in [5, 5.41) is 5.51. The topological polar surface area (TPSA) is 123 Å². The summed E-state index contributed by atoms with van der Waals surface area (Å²) in [6, 6.07) is 16.1. The summed E-state index contributed by atoms with van der Waals surface area (Å²) in [5.74, 6) is -0.382. The molecule has 11 heteroatoms. The van der Waals surface area contributed by atoms with Crippen LogP contribution in [0.2, 0.25) is 0 Å². The second kappa shape index (κ2) is 13.8. The Bertz CT molecular complexity index is 1440. The molecule has 0 aromatic heterocycles. The molecule has 2 N–H and O–H groups in total. The number of nitrogens with zero attached hydrogens (tertiary/aromatic N) is 1. The van der Waals surface area contributed by atoms with Gasteiger partial charge in [0.1, 0.15) is 6.54 Å². The lowest BCUT2D eigenvalue weighted by Crippen LogP contribution is -2.38. The predicted molar refractivity (Wildman–Crippen MR) is 154 cm³/mol. The molecule has 0 bridgehead atoms. The molecule has 3 aromatic carbocycles. The Morgan fingerprint density at radius 2 is 1.55 bits per heavy atom. The third kappa shape index (κ3) is 7.51. The first-order valence-electron chi connectivity index (χ1n) is 12.6. The summed E-state index contributed by atoms with van der Waals surface area (Å²) < 4.78 is 44.4. The smallest absolute Gasteiger partial charge is 0.264 e. The van der Waals surface area contributed by atoms with E-state index in [1.54, 1.807) is 43.5 Å². The number of para-hydroxylation sites is 1. The van der Waals surface area contributed by atoms with Crippen molar-refractivity contribution in [2.24, 2.45) is 0 Å². The zero-order valence-corrected chi connectivity index (χ0v) is 24.1. The van der Waals surface area contributed by atoms with Gasteiger partial charge >= 0.3 is 0 Å². The van der Waals surface area contributed by atoms with Crippen LogP contribution < -0.4 is 24.4 Å². The van der Waals surface area contributed by atoms with E-state index in [0.29, 0.717) is 31.0 Å². The Morgan fingerprint density at radius 3 is 2.20 bits per heavy atom. The fourth-order valence-electron chi connectivity index (χ4n) is 4.14. The van der Waals surface area contributed by atoms with E-state index in [0.717, 1.165) is 15.4 Å². The number of carbonyl (C=O) groups excluding carboxylic acids is 2. The first-order chi connectivity index (χ1) is 19.1. The number of ether oxygens (including phenoxy) is 3. The van der Waals surface area contributed by atoms with Crippen LogP contribution in [0.4, 0.5) is 11.4 Å². The van der Waals surface area contributed by atoms with Gasteiger partial charge in [-0.3, -0.25) is 13.9 Å². The maximum Gasteiger partial charge on any atom is 0.264 e. The highest BCUT2D eigenvalue weighted by Gasteiger charge is 2.29. The van der Waals surface area contributed by atoms with Crippen molar-refractivity contribution in [1.29, 1.82) is 0 Å². The quantitative estimate of drug-likeness (QED) is 0.299. The minimum Gasteiger partial charge on any atom is -0.493 e. The second-order valence-corrected chi connectivity index (χ2v) is 10.9. The average Bonchev–Trinajstić information content (AvgIpc) is 2.93. The number of aryl methyl sites for hydroxylation is 2. The Kier molecular flexibility index (Phi) is 10.5. The highest BCUT2D eigenvalue weighted by atomic mass is 32.2. The van der Waals surface area contributed by atoms with E-state index in [4.69, 9.17) is 14.2 Å². The van der Waals surface area contributed by atoms with Gasteiger partial charge in [-0.05, 0) is 67.8 Å². The van der Waals surface area contributed by atoms with Crippen molar-refractivity contribution in [2.75, 3.05) is 50.6 Å². The van der Waals surface area contributed by atoms with Gasteiger partial charge in [0.25, 0.3) is 15.9 Å². The molecule has 2 amide bonds. The molecule has 3 rings (SSSR count). The number of amides is 2. The third-order valence-electron chi connectivity index (χ3n) is 5.98. The standard InChI is InChI=1S/C29H35N3O7S/c1-20-15-21(2)17-22(16-20)32(40(35,36)23-11-12-26(38-4)27(18-23)39-5)19-28(33)31-25-10-7-6-9-24(25)29(34)30-13-8-14-37-3/h6-7,9-12,15-18H,8,13-14,19H2,1-5H3,(H,30,34)(H,31,33). The molecular formula is C29H35N3O7S. The summed E-state index contributed by atoms with van der Waals surface area (Å²) in [6.45, 7) is 4.06. The zero-order chi connectivity index (χ0) is 29.3. The zero-order valence-electron chi connectivity index (χ0n) is 23.3. The molecule has 0 unspecified atom stereocenters. The van der Waals surface area contributed by atoms with Gasteiger partial charge in [-0.1, -0.05) is 18.2 Å². The predicted octanol–water partition coefficient (Wildman–Crippen LogP) is 3.92. The highest BCUT2D eigenvalue weighted by molar-refractivity contribution is 7.92. The van der Waals surface area contributed by atoms with Gasteiger partial charge < -0.3 is 24.8 Å².